The number of carbonyl (C=O) groups excluding carboxylic acids is 3. The summed E-state index contributed by atoms with van der Waals surface area (Å²) in [5.41, 5.74) is 3.71. The molecule has 0 radical (unpaired) electrons. The smallest absolute Gasteiger partial charge is 0.259 e. The molecule has 2 aromatic heterocycles. The monoisotopic (exact) mass is 582 g/mol. The minimum absolute atomic E-state index is 0.0987. The van der Waals surface area contributed by atoms with Crippen LogP contribution in [0.5, 0.6) is 11.5 Å². The van der Waals surface area contributed by atoms with Crippen LogP contribution in [0.3, 0.4) is 0 Å². The lowest BCUT2D eigenvalue weighted by Crippen LogP contribution is -2.58. The van der Waals surface area contributed by atoms with E-state index in [1.807, 2.05) is 61.7 Å². The van der Waals surface area contributed by atoms with Gasteiger partial charge in [0, 0.05) is 39.0 Å². The van der Waals surface area contributed by atoms with Crippen molar-refractivity contribution in [2.24, 2.45) is 0 Å². The Hall–Kier alpha value is -4.77. The van der Waals surface area contributed by atoms with Gasteiger partial charge in [-0.05, 0) is 60.7 Å². The highest BCUT2D eigenvalue weighted by Gasteiger charge is 2.35. The molecule has 6 rings (SSSR count). The van der Waals surface area contributed by atoms with Gasteiger partial charge in [-0.1, -0.05) is 24.3 Å². The van der Waals surface area contributed by atoms with Gasteiger partial charge in [0.15, 0.2) is 5.65 Å². The van der Waals surface area contributed by atoms with Crippen molar-refractivity contribution < 1.29 is 23.9 Å². The number of fused-ring (bicyclic) bond motifs is 6. The molecule has 1 saturated heterocycles. The highest BCUT2D eigenvalue weighted by Crippen LogP contribution is 2.26. The molecule has 4 bridgehead atoms. The van der Waals surface area contributed by atoms with E-state index in [9.17, 15) is 14.4 Å². The number of aryl methyl sites for hydroxylation is 2. The second-order valence-corrected chi connectivity index (χ2v) is 11.2. The zero-order valence-electron chi connectivity index (χ0n) is 24.2. The third-order valence-corrected chi connectivity index (χ3v) is 7.83. The Morgan fingerprint density at radius 2 is 1.79 bits per heavy atom. The Morgan fingerprint density at radius 3 is 2.60 bits per heavy atom. The molecular formula is C32H34N6O5. The predicted molar refractivity (Wildman–Crippen MR) is 158 cm³/mol. The quantitative estimate of drug-likeness (QED) is 0.366. The van der Waals surface area contributed by atoms with E-state index in [1.165, 1.54) is 11.1 Å². The number of rotatable bonds is 1. The van der Waals surface area contributed by atoms with Crippen LogP contribution in [0.1, 0.15) is 39.9 Å². The van der Waals surface area contributed by atoms with E-state index < -0.39 is 6.04 Å². The van der Waals surface area contributed by atoms with Crippen molar-refractivity contribution >= 4 is 23.4 Å². The van der Waals surface area contributed by atoms with Crippen molar-refractivity contribution in [2.45, 2.75) is 44.9 Å². The zero-order chi connectivity index (χ0) is 29.9. The Bertz CT molecular complexity index is 1670. The van der Waals surface area contributed by atoms with Gasteiger partial charge in [0.2, 0.25) is 11.8 Å². The number of aromatic nitrogens is 3. The molecule has 0 aliphatic carbocycles. The van der Waals surface area contributed by atoms with Crippen molar-refractivity contribution in [3.8, 4) is 11.5 Å². The lowest BCUT2D eigenvalue weighted by atomic mass is 10.0. The SMILES string of the molecule is Cc1cnc2c(C(=O)N3CC[C@H]4OCc5cccc(c5)Oc5cccc(c5)CCC(=O)N(C)CC(=O)N[C@H]4C3)cnn2c1. The lowest BCUT2D eigenvalue weighted by molar-refractivity contribution is -0.135. The maximum atomic E-state index is 13.6. The molecule has 2 aliphatic heterocycles. The first-order valence-corrected chi connectivity index (χ1v) is 14.4. The summed E-state index contributed by atoms with van der Waals surface area (Å²) >= 11 is 0. The van der Waals surface area contributed by atoms with Crippen LogP contribution in [0.2, 0.25) is 0 Å². The molecule has 0 unspecified atom stereocenters. The molecule has 1 fully saturated rings. The van der Waals surface area contributed by atoms with Gasteiger partial charge in [-0.15, -0.1) is 0 Å². The molecule has 1 N–H and O–H groups in total. The molecule has 43 heavy (non-hydrogen) atoms. The summed E-state index contributed by atoms with van der Waals surface area (Å²) in [5.74, 6) is 0.705. The van der Waals surface area contributed by atoms with Gasteiger partial charge in [0.05, 0.1) is 31.5 Å². The predicted octanol–water partition coefficient (Wildman–Crippen LogP) is 3.15. The number of hydrogen-bond donors (Lipinski definition) is 1. The van der Waals surface area contributed by atoms with Crippen molar-refractivity contribution in [3.63, 3.8) is 0 Å². The molecule has 3 amide bonds. The molecule has 11 heteroatoms. The van der Waals surface area contributed by atoms with Crippen molar-refractivity contribution in [1.82, 2.24) is 29.7 Å². The summed E-state index contributed by atoms with van der Waals surface area (Å²) in [6.45, 7) is 2.80. The maximum absolute atomic E-state index is 13.6. The van der Waals surface area contributed by atoms with Gasteiger partial charge in [0.25, 0.3) is 5.91 Å². The number of ether oxygens (including phenoxy) is 2. The van der Waals surface area contributed by atoms with E-state index in [1.54, 1.807) is 22.7 Å². The Morgan fingerprint density at radius 1 is 1.02 bits per heavy atom. The summed E-state index contributed by atoms with van der Waals surface area (Å²) < 4.78 is 14.1. The molecule has 2 atom stereocenters. The number of piperidine rings is 1. The van der Waals surface area contributed by atoms with Crippen molar-refractivity contribution in [2.75, 3.05) is 26.7 Å². The van der Waals surface area contributed by atoms with E-state index in [0.29, 0.717) is 48.7 Å². The summed E-state index contributed by atoms with van der Waals surface area (Å²) in [7, 11) is 1.62. The van der Waals surface area contributed by atoms with Crippen LogP contribution in [-0.2, 0) is 27.4 Å². The molecular weight excluding hydrogens is 548 g/mol. The Labute approximate surface area is 249 Å². The largest absolute Gasteiger partial charge is 0.457 e. The van der Waals surface area contributed by atoms with E-state index in [0.717, 1.165) is 16.7 Å². The third-order valence-electron chi connectivity index (χ3n) is 7.83. The molecule has 2 aliphatic rings. The average molecular weight is 583 g/mol. The van der Waals surface area contributed by atoms with E-state index in [-0.39, 0.29) is 43.3 Å². The molecule has 0 saturated carbocycles. The summed E-state index contributed by atoms with van der Waals surface area (Å²) in [4.78, 5) is 47.2. The topological polar surface area (TPSA) is 118 Å². The van der Waals surface area contributed by atoms with Gasteiger partial charge < -0.3 is 24.6 Å². The van der Waals surface area contributed by atoms with Gasteiger partial charge in [0.1, 0.15) is 17.1 Å². The number of nitrogens with zero attached hydrogens (tertiary/aromatic N) is 5. The number of nitrogens with one attached hydrogen (secondary N) is 1. The fourth-order valence-electron chi connectivity index (χ4n) is 5.54. The number of amides is 3. The van der Waals surface area contributed by atoms with Gasteiger partial charge in [-0.3, -0.25) is 14.4 Å². The van der Waals surface area contributed by atoms with Crippen molar-refractivity contribution in [1.29, 1.82) is 0 Å². The molecule has 4 aromatic rings. The van der Waals surface area contributed by atoms with Crippen LogP contribution >= 0.6 is 0 Å². The first-order chi connectivity index (χ1) is 20.8. The van der Waals surface area contributed by atoms with Crippen LogP contribution < -0.4 is 10.1 Å². The highest BCUT2D eigenvalue weighted by atomic mass is 16.5. The fourth-order valence-corrected chi connectivity index (χ4v) is 5.54. The number of likely N-dealkylation sites (N-methyl/N-ethyl adjacent to an activating group) is 1. The van der Waals surface area contributed by atoms with E-state index in [4.69, 9.17) is 9.47 Å². The zero-order valence-corrected chi connectivity index (χ0v) is 24.2. The van der Waals surface area contributed by atoms with Gasteiger partial charge in [-0.2, -0.15) is 5.10 Å². The third kappa shape index (κ3) is 6.51. The van der Waals surface area contributed by atoms with Crippen LogP contribution in [-0.4, -0.2) is 80.9 Å². The number of hydrogen-bond acceptors (Lipinski definition) is 7. The van der Waals surface area contributed by atoms with E-state index >= 15 is 0 Å². The number of likely N-dealkylation sites (tertiary alicyclic amines) is 1. The Kier molecular flexibility index (Phi) is 8.06. The second kappa shape index (κ2) is 12.2. The van der Waals surface area contributed by atoms with Crippen LogP contribution in [0, 0.1) is 6.92 Å². The molecule has 0 spiro atoms. The summed E-state index contributed by atoms with van der Waals surface area (Å²) in [5, 5.41) is 7.35. The summed E-state index contributed by atoms with van der Waals surface area (Å²) in [6, 6.07) is 14.9. The highest BCUT2D eigenvalue weighted by molar-refractivity contribution is 5.99. The average Bonchev–Trinajstić information content (AvgIpc) is 3.41. The normalized spacial score (nSPS) is 20.0. The first kappa shape index (κ1) is 28.4. The number of benzene rings is 2. The molecule has 11 nitrogen and oxygen atoms in total. The number of carbonyl (C=O) groups is 3. The van der Waals surface area contributed by atoms with E-state index in [2.05, 4.69) is 15.4 Å². The lowest BCUT2D eigenvalue weighted by Gasteiger charge is -2.39. The minimum atomic E-state index is -0.483. The van der Waals surface area contributed by atoms with Gasteiger partial charge in [-0.25, -0.2) is 9.50 Å². The van der Waals surface area contributed by atoms with Crippen LogP contribution in [0.15, 0.2) is 67.1 Å². The first-order valence-electron chi connectivity index (χ1n) is 14.4. The minimum Gasteiger partial charge on any atom is -0.457 e. The molecule has 222 valence electrons. The molecule has 4 heterocycles. The van der Waals surface area contributed by atoms with Crippen LogP contribution in [0.25, 0.3) is 5.65 Å². The molecule has 2 aromatic carbocycles. The Balaban J connectivity index is 1.23. The van der Waals surface area contributed by atoms with Gasteiger partial charge >= 0.3 is 0 Å². The fraction of sp³-hybridized carbons (Fsp3) is 0.344. The van der Waals surface area contributed by atoms with Crippen molar-refractivity contribution in [3.05, 3.63) is 89.4 Å². The maximum Gasteiger partial charge on any atom is 0.259 e. The summed E-state index contributed by atoms with van der Waals surface area (Å²) in [6.07, 6.45) is 6.00. The standard InChI is InChI=1S/C32H34N6O5/c1-21-15-33-31-26(16-34-38(31)17-21)32(41)37-12-11-28-27(18-37)35-29(39)19-36(2)30(40)10-9-22-5-3-7-24(13-22)43-25-8-4-6-23(14-25)20-42-28/h3-8,13-17,27-28H,9-12,18-20H2,1-2H3,(H,35,39)/t27-,28+/m0/s1. The van der Waals surface area contributed by atoms with Crippen LogP contribution in [0.4, 0.5) is 0 Å². The second-order valence-electron chi connectivity index (χ2n) is 11.2.